The molecule has 6 nitrogen and oxygen atoms in total. The standard InChI is InChI=1S/C26H37N3O3/c1-17(2)12-13-21(31)29-26(14-8-9-15-26)24(32)28-23-20(30)16-18-10-6-7-11-19(18)22(27-23)25(3,4)5/h6-7,10-11,17,23H,8-9,12-16H2,1-5H3,(H,28,32)(H,29,31). The lowest BCUT2D eigenvalue weighted by molar-refractivity contribution is -0.135. The van der Waals surface area contributed by atoms with Crippen molar-refractivity contribution < 1.29 is 14.4 Å². The van der Waals surface area contributed by atoms with Gasteiger partial charge in [0.25, 0.3) is 0 Å². The van der Waals surface area contributed by atoms with E-state index in [9.17, 15) is 14.4 Å². The molecule has 1 fully saturated rings. The smallest absolute Gasteiger partial charge is 0.247 e. The molecule has 2 N–H and O–H groups in total. The third-order valence-corrected chi connectivity index (χ3v) is 6.40. The maximum atomic E-state index is 13.4. The molecule has 174 valence electrons. The summed E-state index contributed by atoms with van der Waals surface area (Å²) in [6, 6.07) is 7.81. The number of fused-ring (bicyclic) bond motifs is 1. The number of carbonyl (C=O) groups is 3. The molecular formula is C26H37N3O3. The van der Waals surface area contributed by atoms with Crippen molar-refractivity contribution in [3.8, 4) is 0 Å². The van der Waals surface area contributed by atoms with Crippen molar-refractivity contribution in [2.24, 2.45) is 16.3 Å². The van der Waals surface area contributed by atoms with Gasteiger partial charge in [-0.15, -0.1) is 0 Å². The van der Waals surface area contributed by atoms with Gasteiger partial charge < -0.3 is 10.6 Å². The van der Waals surface area contributed by atoms with Crippen molar-refractivity contribution in [1.82, 2.24) is 10.6 Å². The molecule has 1 aliphatic carbocycles. The first-order valence-electron chi connectivity index (χ1n) is 11.8. The number of aliphatic imine (C=N–C) groups is 1. The lowest BCUT2D eigenvalue weighted by Crippen LogP contribution is -2.59. The Labute approximate surface area is 191 Å². The number of amides is 2. The van der Waals surface area contributed by atoms with Crippen LogP contribution in [0.2, 0.25) is 0 Å². The van der Waals surface area contributed by atoms with Gasteiger partial charge in [-0.3, -0.25) is 19.4 Å². The zero-order valence-corrected chi connectivity index (χ0v) is 20.1. The molecule has 1 atom stereocenters. The van der Waals surface area contributed by atoms with E-state index in [1.54, 1.807) is 0 Å². The van der Waals surface area contributed by atoms with Gasteiger partial charge in [0.1, 0.15) is 5.54 Å². The van der Waals surface area contributed by atoms with Gasteiger partial charge in [-0.1, -0.05) is 71.7 Å². The first kappa shape index (κ1) is 24.1. The Hall–Kier alpha value is -2.50. The van der Waals surface area contributed by atoms with Crippen molar-refractivity contribution in [2.75, 3.05) is 0 Å². The maximum absolute atomic E-state index is 13.4. The second-order valence-electron chi connectivity index (χ2n) is 10.7. The molecule has 0 spiro atoms. The second kappa shape index (κ2) is 9.55. The number of nitrogens with one attached hydrogen (secondary N) is 2. The minimum Gasteiger partial charge on any atom is -0.342 e. The highest BCUT2D eigenvalue weighted by Crippen LogP contribution is 2.32. The molecule has 0 bridgehead atoms. The third-order valence-electron chi connectivity index (χ3n) is 6.40. The average Bonchev–Trinajstić information content (AvgIpc) is 3.13. The van der Waals surface area contributed by atoms with Gasteiger partial charge in [0.2, 0.25) is 11.8 Å². The number of hydrogen-bond acceptors (Lipinski definition) is 4. The van der Waals surface area contributed by atoms with E-state index in [2.05, 4.69) is 45.3 Å². The molecule has 2 amide bonds. The van der Waals surface area contributed by atoms with Crippen LogP contribution in [-0.4, -0.2) is 35.0 Å². The highest BCUT2D eigenvalue weighted by Gasteiger charge is 2.44. The van der Waals surface area contributed by atoms with Crippen LogP contribution in [0.5, 0.6) is 0 Å². The Morgan fingerprint density at radius 2 is 1.81 bits per heavy atom. The first-order chi connectivity index (χ1) is 15.0. The Kier molecular flexibility index (Phi) is 7.21. The van der Waals surface area contributed by atoms with Crippen molar-refractivity contribution in [3.63, 3.8) is 0 Å². The van der Waals surface area contributed by atoms with Crippen LogP contribution in [0.3, 0.4) is 0 Å². The van der Waals surface area contributed by atoms with Crippen LogP contribution in [0.25, 0.3) is 0 Å². The van der Waals surface area contributed by atoms with Crippen LogP contribution in [0.15, 0.2) is 29.3 Å². The summed E-state index contributed by atoms with van der Waals surface area (Å²) in [5.74, 6) is -0.114. The number of carbonyl (C=O) groups excluding carboxylic acids is 3. The fraction of sp³-hybridized carbons (Fsp3) is 0.615. The fourth-order valence-electron chi connectivity index (χ4n) is 4.57. The van der Waals surface area contributed by atoms with Crippen LogP contribution >= 0.6 is 0 Å². The van der Waals surface area contributed by atoms with Gasteiger partial charge in [-0.05, 0) is 36.3 Å². The van der Waals surface area contributed by atoms with E-state index in [0.717, 1.165) is 36.1 Å². The summed E-state index contributed by atoms with van der Waals surface area (Å²) >= 11 is 0. The predicted octanol–water partition coefficient (Wildman–Crippen LogP) is 3.95. The molecular weight excluding hydrogens is 402 g/mol. The zero-order chi connectivity index (χ0) is 23.5. The van der Waals surface area contributed by atoms with E-state index in [-0.39, 0.29) is 29.4 Å². The molecule has 1 aliphatic heterocycles. The zero-order valence-electron chi connectivity index (χ0n) is 20.1. The van der Waals surface area contributed by atoms with Gasteiger partial charge in [0.15, 0.2) is 11.9 Å². The maximum Gasteiger partial charge on any atom is 0.247 e. The molecule has 0 aromatic heterocycles. The number of benzene rings is 1. The van der Waals surface area contributed by atoms with Crippen molar-refractivity contribution in [1.29, 1.82) is 0 Å². The van der Waals surface area contributed by atoms with Gasteiger partial charge in [-0.25, -0.2) is 0 Å². The second-order valence-corrected chi connectivity index (χ2v) is 10.7. The Morgan fingerprint density at radius 3 is 2.44 bits per heavy atom. The van der Waals surface area contributed by atoms with E-state index >= 15 is 0 Å². The number of rotatable bonds is 6. The summed E-state index contributed by atoms with van der Waals surface area (Å²) in [6.07, 6.45) is 3.37. The molecule has 1 aromatic rings. The average molecular weight is 440 g/mol. The monoisotopic (exact) mass is 439 g/mol. The molecule has 0 saturated heterocycles. The van der Waals surface area contributed by atoms with Gasteiger partial charge in [-0.2, -0.15) is 0 Å². The number of ketones is 1. The Bertz CT molecular complexity index is 905. The summed E-state index contributed by atoms with van der Waals surface area (Å²) in [5, 5.41) is 5.92. The van der Waals surface area contributed by atoms with Crippen molar-refractivity contribution in [2.45, 2.75) is 91.3 Å². The van der Waals surface area contributed by atoms with Gasteiger partial charge in [0, 0.05) is 18.3 Å². The fourth-order valence-corrected chi connectivity index (χ4v) is 4.57. The summed E-state index contributed by atoms with van der Waals surface area (Å²) < 4.78 is 0. The van der Waals surface area contributed by atoms with E-state index < -0.39 is 11.7 Å². The molecule has 6 heteroatoms. The summed E-state index contributed by atoms with van der Waals surface area (Å²) in [5.41, 5.74) is 1.46. The lowest BCUT2D eigenvalue weighted by Gasteiger charge is -2.31. The van der Waals surface area contributed by atoms with Gasteiger partial charge in [0.05, 0.1) is 5.71 Å². The summed E-state index contributed by atoms with van der Waals surface area (Å²) in [6.45, 7) is 10.3. The molecule has 1 aromatic carbocycles. The molecule has 2 aliphatic rings. The van der Waals surface area contributed by atoms with Crippen LogP contribution in [0, 0.1) is 11.3 Å². The minimum absolute atomic E-state index is 0.103. The molecule has 1 saturated carbocycles. The number of Topliss-reactive ketones (excluding diaryl/α,β-unsaturated/α-hetero) is 1. The van der Waals surface area contributed by atoms with Crippen LogP contribution in [0.4, 0.5) is 0 Å². The van der Waals surface area contributed by atoms with E-state index in [0.29, 0.717) is 25.2 Å². The van der Waals surface area contributed by atoms with E-state index in [1.807, 2.05) is 24.3 Å². The lowest BCUT2D eigenvalue weighted by atomic mass is 9.83. The quantitative estimate of drug-likeness (QED) is 0.703. The number of hydrogen-bond donors (Lipinski definition) is 2. The van der Waals surface area contributed by atoms with Crippen LogP contribution < -0.4 is 10.6 Å². The Morgan fingerprint density at radius 1 is 1.16 bits per heavy atom. The van der Waals surface area contributed by atoms with Crippen molar-refractivity contribution in [3.05, 3.63) is 35.4 Å². The van der Waals surface area contributed by atoms with Crippen LogP contribution in [0.1, 0.15) is 84.3 Å². The Balaban J connectivity index is 1.85. The molecule has 0 radical (unpaired) electrons. The van der Waals surface area contributed by atoms with E-state index in [4.69, 9.17) is 4.99 Å². The third kappa shape index (κ3) is 5.45. The highest BCUT2D eigenvalue weighted by molar-refractivity contribution is 6.09. The molecule has 32 heavy (non-hydrogen) atoms. The first-order valence-corrected chi connectivity index (χ1v) is 11.8. The van der Waals surface area contributed by atoms with Gasteiger partial charge >= 0.3 is 0 Å². The normalized spacial score (nSPS) is 20.4. The van der Waals surface area contributed by atoms with E-state index in [1.165, 1.54) is 0 Å². The minimum atomic E-state index is -0.953. The topological polar surface area (TPSA) is 87.6 Å². The molecule has 3 rings (SSSR count). The number of nitrogens with zero attached hydrogens (tertiary/aromatic N) is 1. The predicted molar refractivity (Wildman–Crippen MR) is 126 cm³/mol. The highest BCUT2D eigenvalue weighted by atomic mass is 16.2. The molecule has 1 unspecified atom stereocenters. The summed E-state index contributed by atoms with van der Waals surface area (Å²) in [4.78, 5) is 43.9. The SMILES string of the molecule is CC(C)CCC(=O)NC1(C(=O)NC2N=C(C(C)(C)C)c3ccccc3CC2=O)CCCC1. The van der Waals surface area contributed by atoms with Crippen LogP contribution in [-0.2, 0) is 20.8 Å². The molecule has 1 heterocycles. The summed E-state index contributed by atoms with van der Waals surface area (Å²) in [7, 11) is 0. The largest absolute Gasteiger partial charge is 0.342 e. The van der Waals surface area contributed by atoms with Crippen molar-refractivity contribution >= 4 is 23.3 Å².